The Morgan fingerprint density at radius 1 is 1.17 bits per heavy atom. The van der Waals surface area contributed by atoms with Crippen LogP contribution < -0.4 is 15.0 Å². The SMILES string of the molecule is COc1cc(-n2ccnc(SCCc3ccccn3)c2=O)ccc1OC[C@@H](C)O. The number of nitrogens with zero attached hydrogens (tertiary/aromatic N) is 3. The van der Waals surface area contributed by atoms with Gasteiger partial charge in [0.2, 0.25) is 0 Å². The smallest absolute Gasteiger partial charge is 0.287 e. The standard InChI is InChI=1S/C21H23N3O4S/c1-15(25)14-28-18-7-6-17(13-19(18)27-2)24-11-10-23-20(21(24)26)29-12-8-16-5-3-4-9-22-16/h3-7,9-11,13,15,25H,8,12,14H2,1-2H3/t15-/m1/s1. The van der Waals surface area contributed by atoms with Crippen molar-refractivity contribution in [3.8, 4) is 17.2 Å². The van der Waals surface area contributed by atoms with Crippen LogP contribution in [0.2, 0.25) is 0 Å². The lowest BCUT2D eigenvalue weighted by Gasteiger charge is -2.14. The van der Waals surface area contributed by atoms with Crippen molar-refractivity contribution in [3.63, 3.8) is 0 Å². The summed E-state index contributed by atoms with van der Waals surface area (Å²) in [6.45, 7) is 1.80. The molecule has 8 heteroatoms. The van der Waals surface area contributed by atoms with E-state index in [2.05, 4.69) is 9.97 Å². The Balaban J connectivity index is 1.77. The fraction of sp³-hybridized carbons (Fsp3) is 0.286. The molecule has 3 aromatic rings. The number of aliphatic hydroxyl groups excluding tert-OH is 1. The maximum absolute atomic E-state index is 12.9. The number of thioether (sulfide) groups is 1. The molecule has 3 rings (SSSR count). The number of aryl methyl sites for hydroxylation is 1. The van der Waals surface area contributed by atoms with Crippen LogP contribution in [-0.2, 0) is 6.42 Å². The lowest BCUT2D eigenvalue weighted by molar-refractivity contribution is 0.120. The maximum atomic E-state index is 12.9. The van der Waals surface area contributed by atoms with E-state index in [0.29, 0.717) is 28.0 Å². The van der Waals surface area contributed by atoms with E-state index in [4.69, 9.17) is 9.47 Å². The van der Waals surface area contributed by atoms with Gasteiger partial charge in [-0.05, 0) is 37.6 Å². The maximum Gasteiger partial charge on any atom is 0.287 e. The molecule has 0 aliphatic rings. The van der Waals surface area contributed by atoms with E-state index in [1.54, 1.807) is 43.7 Å². The molecule has 0 unspecified atom stereocenters. The first-order valence-electron chi connectivity index (χ1n) is 9.18. The van der Waals surface area contributed by atoms with Crippen molar-refractivity contribution < 1.29 is 14.6 Å². The zero-order valence-electron chi connectivity index (χ0n) is 16.3. The summed E-state index contributed by atoms with van der Waals surface area (Å²) in [5.74, 6) is 1.69. The van der Waals surface area contributed by atoms with Gasteiger partial charge in [-0.2, -0.15) is 0 Å². The topological polar surface area (TPSA) is 86.5 Å². The lowest BCUT2D eigenvalue weighted by atomic mass is 10.2. The Morgan fingerprint density at radius 3 is 2.76 bits per heavy atom. The Bertz CT molecular complexity index is 993. The van der Waals surface area contributed by atoms with Crippen molar-refractivity contribution in [2.75, 3.05) is 19.5 Å². The van der Waals surface area contributed by atoms with E-state index in [9.17, 15) is 9.90 Å². The van der Waals surface area contributed by atoms with Gasteiger partial charge in [0.15, 0.2) is 16.5 Å². The number of benzene rings is 1. The number of aliphatic hydroxyl groups is 1. The van der Waals surface area contributed by atoms with Gasteiger partial charge in [0.05, 0.1) is 18.9 Å². The molecule has 2 aromatic heterocycles. The van der Waals surface area contributed by atoms with Crippen LogP contribution in [0.4, 0.5) is 0 Å². The molecule has 1 aromatic carbocycles. The van der Waals surface area contributed by atoms with Crippen molar-refractivity contribution in [2.24, 2.45) is 0 Å². The Labute approximate surface area is 173 Å². The fourth-order valence-corrected chi connectivity index (χ4v) is 3.49. The van der Waals surface area contributed by atoms with Gasteiger partial charge in [0, 0.05) is 36.1 Å². The van der Waals surface area contributed by atoms with E-state index < -0.39 is 6.10 Å². The van der Waals surface area contributed by atoms with Crippen LogP contribution in [0.5, 0.6) is 11.5 Å². The molecule has 7 nitrogen and oxygen atoms in total. The Hall–Kier alpha value is -2.84. The highest BCUT2D eigenvalue weighted by atomic mass is 32.2. The monoisotopic (exact) mass is 413 g/mol. The zero-order chi connectivity index (χ0) is 20.6. The zero-order valence-corrected chi connectivity index (χ0v) is 17.1. The van der Waals surface area contributed by atoms with Crippen molar-refractivity contribution in [2.45, 2.75) is 24.5 Å². The quantitative estimate of drug-likeness (QED) is 0.540. The highest BCUT2D eigenvalue weighted by Crippen LogP contribution is 2.29. The summed E-state index contributed by atoms with van der Waals surface area (Å²) in [5.41, 5.74) is 1.43. The molecule has 29 heavy (non-hydrogen) atoms. The van der Waals surface area contributed by atoms with Crippen molar-refractivity contribution in [1.82, 2.24) is 14.5 Å². The highest BCUT2D eigenvalue weighted by molar-refractivity contribution is 7.99. The highest BCUT2D eigenvalue weighted by Gasteiger charge is 2.12. The number of hydrogen-bond donors (Lipinski definition) is 1. The van der Waals surface area contributed by atoms with Gasteiger partial charge < -0.3 is 14.6 Å². The van der Waals surface area contributed by atoms with Crippen LogP contribution in [0.3, 0.4) is 0 Å². The third-order valence-electron chi connectivity index (χ3n) is 4.04. The van der Waals surface area contributed by atoms with E-state index in [1.807, 2.05) is 18.2 Å². The van der Waals surface area contributed by atoms with E-state index in [-0.39, 0.29) is 12.2 Å². The normalized spacial score (nSPS) is 11.8. The second kappa shape index (κ2) is 10.1. The molecule has 152 valence electrons. The first-order valence-corrected chi connectivity index (χ1v) is 10.2. The molecule has 0 saturated carbocycles. The number of rotatable bonds is 9. The Kier molecular flexibility index (Phi) is 7.26. The minimum absolute atomic E-state index is 0.155. The summed E-state index contributed by atoms with van der Waals surface area (Å²) >= 11 is 1.41. The summed E-state index contributed by atoms with van der Waals surface area (Å²) in [5, 5.41) is 9.82. The summed E-state index contributed by atoms with van der Waals surface area (Å²) in [6.07, 6.45) is 5.15. The Morgan fingerprint density at radius 2 is 2.03 bits per heavy atom. The van der Waals surface area contributed by atoms with Crippen LogP contribution >= 0.6 is 11.8 Å². The summed E-state index contributed by atoms with van der Waals surface area (Å²) in [4.78, 5) is 21.4. The molecule has 0 amide bonds. The van der Waals surface area contributed by atoms with Crippen LogP contribution in [0, 0.1) is 0 Å². The molecule has 1 N–H and O–H groups in total. The summed E-state index contributed by atoms with van der Waals surface area (Å²) in [7, 11) is 1.53. The molecule has 0 aliphatic carbocycles. The first kappa shape index (κ1) is 20.9. The van der Waals surface area contributed by atoms with Gasteiger partial charge in [-0.3, -0.25) is 14.3 Å². The van der Waals surface area contributed by atoms with E-state index in [1.165, 1.54) is 23.4 Å². The van der Waals surface area contributed by atoms with Gasteiger partial charge in [-0.1, -0.05) is 6.07 Å². The third kappa shape index (κ3) is 5.58. The molecule has 1 atom stereocenters. The number of pyridine rings is 1. The van der Waals surface area contributed by atoms with Gasteiger partial charge in [-0.15, -0.1) is 11.8 Å². The average Bonchev–Trinajstić information content (AvgIpc) is 2.74. The molecule has 0 spiro atoms. The molecule has 0 fully saturated rings. The predicted octanol–water partition coefficient (Wildman–Crippen LogP) is 2.73. The molecule has 2 heterocycles. The van der Waals surface area contributed by atoms with Crippen LogP contribution in [-0.4, -0.2) is 45.2 Å². The number of ether oxygens (including phenoxy) is 2. The van der Waals surface area contributed by atoms with Crippen LogP contribution in [0.15, 0.2) is 64.8 Å². The molecule has 0 bridgehead atoms. The number of aromatic nitrogens is 3. The second-order valence-corrected chi connectivity index (χ2v) is 7.41. The third-order valence-corrected chi connectivity index (χ3v) is 5.00. The summed E-state index contributed by atoms with van der Waals surface area (Å²) < 4.78 is 12.4. The molecular weight excluding hydrogens is 390 g/mol. The first-order chi connectivity index (χ1) is 14.1. The van der Waals surface area contributed by atoms with Crippen molar-refractivity contribution in [3.05, 3.63) is 71.0 Å². The minimum Gasteiger partial charge on any atom is -0.493 e. The number of hydrogen-bond acceptors (Lipinski definition) is 7. The van der Waals surface area contributed by atoms with E-state index >= 15 is 0 Å². The van der Waals surface area contributed by atoms with Gasteiger partial charge in [0.1, 0.15) is 6.61 Å². The fourth-order valence-electron chi connectivity index (χ4n) is 2.63. The molecular formula is C21H23N3O4S. The van der Waals surface area contributed by atoms with Crippen LogP contribution in [0.25, 0.3) is 5.69 Å². The molecule has 0 aliphatic heterocycles. The van der Waals surface area contributed by atoms with E-state index in [0.717, 1.165) is 12.1 Å². The lowest BCUT2D eigenvalue weighted by Crippen LogP contribution is -2.20. The largest absolute Gasteiger partial charge is 0.493 e. The predicted molar refractivity (Wildman–Crippen MR) is 112 cm³/mol. The minimum atomic E-state index is -0.590. The van der Waals surface area contributed by atoms with Crippen molar-refractivity contribution in [1.29, 1.82) is 0 Å². The second-order valence-electron chi connectivity index (χ2n) is 6.32. The van der Waals surface area contributed by atoms with Gasteiger partial charge in [-0.25, -0.2) is 4.98 Å². The average molecular weight is 413 g/mol. The van der Waals surface area contributed by atoms with Crippen molar-refractivity contribution >= 4 is 11.8 Å². The van der Waals surface area contributed by atoms with Crippen LogP contribution in [0.1, 0.15) is 12.6 Å². The molecule has 0 saturated heterocycles. The molecule has 0 radical (unpaired) electrons. The van der Waals surface area contributed by atoms with Gasteiger partial charge in [0.25, 0.3) is 5.56 Å². The summed E-state index contributed by atoms with van der Waals surface area (Å²) in [6, 6.07) is 11.0. The number of methoxy groups -OCH3 is 1. The van der Waals surface area contributed by atoms with Gasteiger partial charge >= 0.3 is 0 Å².